The molecule has 4 heteroatoms. The van der Waals surface area contributed by atoms with Gasteiger partial charge in [-0.15, -0.1) is 0 Å². The van der Waals surface area contributed by atoms with Crippen LogP contribution in [-0.2, 0) is 0 Å². The van der Waals surface area contributed by atoms with Crippen molar-refractivity contribution >= 4 is 5.96 Å². The Morgan fingerprint density at radius 3 is 2.59 bits per heavy atom. The summed E-state index contributed by atoms with van der Waals surface area (Å²) in [5.41, 5.74) is 6.89. The second-order valence-electron chi connectivity index (χ2n) is 4.66. The van der Waals surface area contributed by atoms with Gasteiger partial charge in [0.2, 0.25) is 0 Å². The molecule has 2 N–H and O–H groups in total. The molecule has 96 valence electrons. The number of allylic oxidation sites excluding steroid dienone is 3. The van der Waals surface area contributed by atoms with E-state index in [0.29, 0.717) is 12.0 Å². The smallest absolute Gasteiger partial charge is 0.196 e. The Balaban J connectivity index is 2.60. The number of hydrogen-bond acceptors (Lipinski definition) is 2. The van der Waals surface area contributed by atoms with Gasteiger partial charge in [-0.25, -0.2) is 4.99 Å². The molecule has 0 aromatic carbocycles. The molecule has 0 aromatic heterocycles. The molecule has 1 fully saturated rings. The summed E-state index contributed by atoms with van der Waals surface area (Å²) in [5.74, 6) is 0.593. The topological polar surface area (TPSA) is 44.9 Å². The van der Waals surface area contributed by atoms with Crippen LogP contribution in [0.2, 0.25) is 0 Å². The molecule has 0 amide bonds. The average molecular weight is 236 g/mol. The lowest BCUT2D eigenvalue weighted by molar-refractivity contribution is 0.191. The van der Waals surface area contributed by atoms with E-state index in [9.17, 15) is 0 Å². The molecule has 1 aliphatic rings. The first-order valence-electron chi connectivity index (χ1n) is 6.09. The van der Waals surface area contributed by atoms with Gasteiger partial charge >= 0.3 is 0 Å². The van der Waals surface area contributed by atoms with E-state index < -0.39 is 0 Å². The first-order chi connectivity index (χ1) is 8.04. The number of nitrogens with zero attached hydrogens (tertiary/aromatic N) is 3. The third-order valence-corrected chi connectivity index (χ3v) is 3.25. The Hall–Kier alpha value is -1.29. The average Bonchev–Trinajstić information content (AvgIpc) is 2.29. The second kappa shape index (κ2) is 6.45. The highest BCUT2D eigenvalue weighted by molar-refractivity contribution is 5.79. The lowest BCUT2D eigenvalue weighted by atomic mass is 10.0. The van der Waals surface area contributed by atoms with Gasteiger partial charge in [-0.2, -0.15) is 0 Å². The summed E-state index contributed by atoms with van der Waals surface area (Å²) in [6.07, 6.45) is 5.87. The number of hydrogen-bond donors (Lipinski definition) is 1. The fourth-order valence-corrected chi connectivity index (χ4v) is 2.04. The Bertz CT molecular complexity index is 311. The minimum atomic E-state index is 0.506. The number of likely N-dealkylation sites (tertiary alicyclic amines) is 1. The zero-order valence-corrected chi connectivity index (χ0v) is 11.2. The van der Waals surface area contributed by atoms with Crippen molar-refractivity contribution < 1.29 is 0 Å². The van der Waals surface area contributed by atoms with Crippen LogP contribution in [0.25, 0.3) is 0 Å². The van der Waals surface area contributed by atoms with E-state index in [1.54, 1.807) is 6.08 Å². The van der Waals surface area contributed by atoms with Crippen LogP contribution >= 0.6 is 0 Å². The van der Waals surface area contributed by atoms with Crippen LogP contribution in [0.4, 0.5) is 0 Å². The van der Waals surface area contributed by atoms with Crippen molar-refractivity contribution in [1.29, 1.82) is 0 Å². The molecule has 0 bridgehead atoms. The van der Waals surface area contributed by atoms with E-state index in [1.165, 1.54) is 0 Å². The van der Waals surface area contributed by atoms with E-state index in [1.807, 2.05) is 20.0 Å². The molecule has 17 heavy (non-hydrogen) atoms. The molecule has 1 heterocycles. The number of nitrogens with two attached hydrogens (primary N) is 1. The zero-order valence-electron chi connectivity index (χ0n) is 11.2. The standard InChI is InChI=1S/C13H24N4/c1-5-6-11(2)15-13(14)17(4)12-7-9-16(3)10-8-12/h5-6,12H,1,7-10H2,2-4H3,(H2,14,15)/b11-6-. The lowest BCUT2D eigenvalue weighted by Gasteiger charge is -2.35. The van der Waals surface area contributed by atoms with Gasteiger partial charge in [0, 0.05) is 18.8 Å². The molecule has 0 aromatic rings. The maximum Gasteiger partial charge on any atom is 0.196 e. The van der Waals surface area contributed by atoms with Crippen LogP contribution in [0.15, 0.2) is 29.4 Å². The first-order valence-corrected chi connectivity index (χ1v) is 6.09. The molecule has 4 nitrogen and oxygen atoms in total. The summed E-state index contributed by atoms with van der Waals surface area (Å²) in [5, 5.41) is 0. The van der Waals surface area contributed by atoms with Gasteiger partial charge < -0.3 is 15.5 Å². The monoisotopic (exact) mass is 236 g/mol. The quantitative estimate of drug-likeness (QED) is 0.458. The number of aliphatic imine (C=N–C) groups is 1. The molecule has 0 saturated carbocycles. The maximum absolute atomic E-state index is 6.00. The zero-order chi connectivity index (χ0) is 12.8. The van der Waals surface area contributed by atoms with Crippen LogP contribution in [-0.4, -0.2) is 49.0 Å². The van der Waals surface area contributed by atoms with Crippen molar-refractivity contribution in [2.24, 2.45) is 10.7 Å². The molecular weight excluding hydrogens is 212 g/mol. The predicted molar refractivity (Wildman–Crippen MR) is 73.9 cm³/mol. The van der Waals surface area contributed by atoms with E-state index in [2.05, 4.69) is 28.4 Å². The summed E-state index contributed by atoms with van der Waals surface area (Å²) in [4.78, 5) is 8.80. The van der Waals surface area contributed by atoms with Crippen molar-refractivity contribution in [3.63, 3.8) is 0 Å². The summed E-state index contributed by atoms with van der Waals surface area (Å²) in [7, 11) is 4.18. The summed E-state index contributed by atoms with van der Waals surface area (Å²) in [6.45, 7) is 7.83. The first kappa shape index (κ1) is 13.8. The Morgan fingerprint density at radius 1 is 1.47 bits per heavy atom. The molecule has 0 aliphatic carbocycles. The van der Waals surface area contributed by atoms with Crippen LogP contribution in [0, 0.1) is 0 Å². The van der Waals surface area contributed by atoms with E-state index >= 15 is 0 Å². The number of rotatable bonds is 3. The van der Waals surface area contributed by atoms with Gasteiger partial charge in [-0.3, -0.25) is 0 Å². The lowest BCUT2D eigenvalue weighted by Crippen LogP contribution is -2.47. The van der Waals surface area contributed by atoms with Gasteiger partial charge in [0.25, 0.3) is 0 Å². The SMILES string of the molecule is C=C/C=C(/C)N=C(N)N(C)C1CCN(C)CC1. The molecular formula is C13H24N4. The van der Waals surface area contributed by atoms with E-state index in [0.717, 1.165) is 31.6 Å². The number of guanidine groups is 1. The molecule has 1 aliphatic heterocycles. The van der Waals surface area contributed by atoms with Gasteiger partial charge in [-0.1, -0.05) is 12.7 Å². The van der Waals surface area contributed by atoms with E-state index in [-0.39, 0.29) is 0 Å². The predicted octanol–water partition coefficient (Wildman–Crippen LogP) is 1.42. The van der Waals surface area contributed by atoms with Crippen molar-refractivity contribution in [3.05, 3.63) is 24.4 Å². The Kier molecular flexibility index (Phi) is 5.22. The van der Waals surface area contributed by atoms with Gasteiger partial charge in [-0.05, 0) is 46.0 Å². The minimum absolute atomic E-state index is 0.506. The third kappa shape index (κ3) is 4.23. The minimum Gasteiger partial charge on any atom is -0.369 e. The highest BCUT2D eigenvalue weighted by Crippen LogP contribution is 2.14. The second-order valence-corrected chi connectivity index (χ2v) is 4.66. The maximum atomic E-state index is 6.00. The highest BCUT2D eigenvalue weighted by atomic mass is 15.3. The highest BCUT2D eigenvalue weighted by Gasteiger charge is 2.21. The van der Waals surface area contributed by atoms with Crippen LogP contribution in [0.3, 0.4) is 0 Å². The molecule has 0 spiro atoms. The normalized spacial score (nSPS) is 20.4. The van der Waals surface area contributed by atoms with Gasteiger partial charge in [0.05, 0.1) is 0 Å². The summed E-state index contributed by atoms with van der Waals surface area (Å²) < 4.78 is 0. The summed E-state index contributed by atoms with van der Waals surface area (Å²) >= 11 is 0. The Morgan fingerprint density at radius 2 is 2.06 bits per heavy atom. The molecule has 1 saturated heterocycles. The Labute approximate surface area is 104 Å². The summed E-state index contributed by atoms with van der Waals surface area (Å²) in [6, 6.07) is 0.506. The molecule has 0 radical (unpaired) electrons. The molecule has 1 rings (SSSR count). The fraction of sp³-hybridized carbons (Fsp3) is 0.615. The van der Waals surface area contributed by atoms with Crippen molar-refractivity contribution in [3.8, 4) is 0 Å². The van der Waals surface area contributed by atoms with Crippen molar-refractivity contribution in [2.75, 3.05) is 27.2 Å². The van der Waals surface area contributed by atoms with Crippen LogP contribution in [0.1, 0.15) is 19.8 Å². The van der Waals surface area contributed by atoms with Crippen LogP contribution in [0.5, 0.6) is 0 Å². The van der Waals surface area contributed by atoms with Crippen LogP contribution < -0.4 is 5.73 Å². The molecule has 0 atom stereocenters. The third-order valence-electron chi connectivity index (χ3n) is 3.25. The van der Waals surface area contributed by atoms with Gasteiger partial charge in [0.1, 0.15) is 0 Å². The number of piperidine rings is 1. The van der Waals surface area contributed by atoms with E-state index in [4.69, 9.17) is 5.73 Å². The van der Waals surface area contributed by atoms with Crippen molar-refractivity contribution in [2.45, 2.75) is 25.8 Å². The largest absolute Gasteiger partial charge is 0.369 e. The van der Waals surface area contributed by atoms with Crippen molar-refractivity contribution in [1.82, 2.24) is 9.80 Å². The molecule has 0 unspecified atom stereocenters. The van der Waals surface area contributed by atoms with Gasteiger partial charge in [0.15, 0.2) is 5.96 Å². The fourth-order valence-electron chi connectivity index (χ4n) is 2.04.